The van der Waals surface area contributed by atoms with Crippen LogP contribution in [0.4, 0.5) is 18.0 Å². The van der Waals surface area contributed by atoms with E-state index < -0.39 is 38.6 Å². The summed E-state index contributed by atoms with van der Waals surface area (Å²) in [5.41, 5.74) is -6.00. The maximum Gasteiger partial charge on any atom is 0.534 e. The highest BCUT2D eigenvalue weighted by atomic mass is 32.2. The molecule has 202 valence electrons. The van der Waals surface area contributed by atoms with E-state index in [0.717, 1.165) is 12.1 Å². The lowest BCUT2D eigenvalue weighted by Gasteiger charge is -2.23. The van der Waals surface area contributed by atoms with Gasteiger partial charge in [0.15, 0.2) is 0 Å². The molecule has 2 heterocycles. The largest absolute Gasteiger partial charge is 0.534 e. The Bertz CT molecular complexity index is 1450. The molecule has 0 atom stereocenters. The van der Waals surface area contributed by atoms with Crippen LogP contribution in [0.2, 0.25) is 0 Å². The predicted octanol–water partition coefficient (Wildman–Crippen LogP) is 5.64. The summed E-state index contributed by atoms with van der Waals surface area (Å²) in [7, 11) is -5.92. The van der Waals surface area contributed by atoms with Gasteiger partial charge >= 0.3 is 21.7 Å². The first-order valence-electron chi connectivity index (χ1n) is 11.2. The Kier molecular flexibility index (Phi) is 7.99. The number of carbonyl (C=O) groups is 1. The second kappa shape index (κ2) is 10.4. The van der Waals surface area contributed by atoms with Gasteiger partial charge < -0.3 is 18.8 Å². The number of nitrogens with one attached hydrogen (secondary N) is 1. The molecule has 0 unspecified atom stereocenters. The molecule has 3 rings (SSSR count). The van der Waals surface area contributed by atoms with Gasteiger partial charge in [-0.25, -0.2) is 4.79 Å². The van der Waals surface area contributed by atoms with Crippen molar-refractivity contribution in [3.63, 3.8) is 0 Å². The van der Waals surface area contributed by atoms with Crippen LogP contribution in [0.1, 0.15) is 40.3 Å². The number of aromatic nitrogens is 1. The zero-order valence-corrected chi connectivity index (χ0v) is 22.4. The number of ether oxygens (including phenoxy) is 1. The van der Waals surface area contributed by atoms with Crippen LogP contribution in [0, 0.1) is 5.92 Å². The second-order valence-electron chi connectivity index (χ2n) is 9.65. The van der Waals surface area contributed by atoms with Crippen LogP contribution in [0.25, 0.3) is 21.2 Å². The average molecular weight is 561 g/mol. The predicted molar refractivity (Wildman–Crippen MR) is 135 cm³/mol. The number of carbonyl (C=O) groups excluding carboxylic acids is 1. The van der Waals surface area contributed by atoms with Gasteiger partial charge in [0.05, 0.1) is 6.54 Å². The molecule has 37 heavy (non-hydrogen) atoms. The molecule has 0 bridgehead atoms. The summed E-state index contributed by atoms with van der Waals surface area (Å²) in [6, 6.07) is 6.83. The summed E-state index contributed by atoms with van der Waals surface area (Å²) >= 11 is 1.31. The van der Waals surface area contributed by atoms with Gasteiger partial charge in [-0.3, -0.25) is 4.79 Å². The Morgan fingerprint density at radius 2 is 1.81 bits per heavy atom. The maximum atomic E-state index is 13.5. The number of rotatable bonds is 7. The van der Waals surface area contributed by atoms with E-state index in [9.17, 15) is 31.2 Å². The molecule has 13 heteroatoms. The van der Waals surface area contributed by atoms with E-state index >= 15 is 0 Å². The third-order valence-corrected chi connectivity index (χ3v) is 6.82. The van der Waals surface area contributed by atoms with Crippen LogP contribution in [0.5, 0.6) is 5.75 Å². The van der Waals surface area contributed by atoms with Gasteiger partial charge in [0.25, 0.3) is 5.56 Å². The first-order chi connectivity index (χ1) is 17.0. The number of benzene rings is 1. The van der Waals surface area contributed by atoms with Crippen LogP contribution in [0.15, 0.2) is 40.5 Å². The van der Waals surface area contributed by atoms with Gasteiger partial charge in [-0.05, 0) is 56.3 Å². The SMILES string of the molecule is CC(C)Cn1c(CNC(=O)OC(C)(C)C)c(-c2cccs2)c2cc(OS(=O)(=O)C(F)(F)F)ccc2c1=O. The molecular weight excluding hydrogens is 533 g/mol. The average Bonchev–Trinajstić information content (AvgIpc) is 3.26. The van der Waals surface area contributed by atoms with Crippen LogP contribution < -0.4 is 15.1 Å². The monoisotopic (exact) mass is 560 g/mol. The van der Waals surface area contributed by atoms with Crippen molar-refractivity contribution in [2.45, 2.75) is 58.8 Å². The summed E-state index contributed by atoms with van der Waals surface area (Å²) in [6.07, 6.45) is -0.721. The number of alkyl carbamates (subject to hydrolysis) is 1. The molecule has 8 nitrogen and oxygen atoms in total. The van der Waals surface area contributed by atoms with E-state index in [1.54, 1.807) is 38.3 Å². The number of pyridine rings is 1. The Morgan fingerprint density at radius 3 is 2.35 bits per heavy atom. The van der Waals surface area contributed by atoms with Crippen LogP contribution in [-0.2, 0) is 27.9 Å². The van der Waals surface area contributed by atoms with E-state index in [0.29, 0.717) is 22.7 Å². The molecule has 0 saturated heterocycles. The van der Waals surface area contributed by atoms with Crippen molar-refractivity contribution in [3.8, 4) is 16.2 Å². The minimum Gasteiger partial charge on any atom is -0.444 e. The van der Waals surface area contributed by atoms with E-state index in [4.69, 9.17) is 4.74 Å². The van der Waals surface area contributed by atoms with Crippen molar-refractivity contribution >= 4 is 38.3 Å². The van der Waals surface area contributed by atoms with Crippen molar-refractivity contribution in [2.75, 3.05) is 0 Å². The fraction of sp³-hybridized carbons (Fsp3) is 0.417. The number of nitrogens with zero attached hydrogens (tertiary/aromatic N) is 1. The van der Waals surface area contributed by atoms with Crippen molar-refractivity contribution in [1.82, 2.24) is 9.88 Å². The molecule has 3 aromatic rings. The molecule has 1 amide bonds. The van der Waals surface area contributed by atoms with Crippen molar-refractivity contribution in [2.24, 2.45) is 5.92 Å². The van der Waals surface area contributed by atoms with Crippen molar-refractivity contribution in [1.29, 1.82) is 0 Å². The topological polar surface area (TPSA) is 104 Å². The summed E-state index contributed by atoms with van der Waals surface area (Å²) in [4.78, 5) is 26.6. The van der Waals surface area contributed by atoms with Crippen molar-refractivity contribution < 1.29 is 35.3 Å². The minimum absolute atomic E-state index is 0.0335. The number of hydrogen-bond donors (Lipinski definition) is 1. The van der Waals surface area contributed by atoms with E-state index in [-0.39, 0.29) is 23.2 Å². The van der Waals surface area contributed by atoms with Crippen molar-refractivity contribution in [3.05, 3.63) is 51.8 Å². The second-order valence-corrected chi connectivity index (χ2v) is 12.1. The highest BCUT2D eigenvalue weighted by Gasteiger charge is 2.48. The summed E-state index contributed by atoms with van der Waals surface area (Å²) < 4.78 is 73.1. The number of alkyl halides is 3. The van der Waals surface area contributed by atoms with Crippen LogP contribution in [0.3, 0.4) is 0 Å². The van der Waals surface area contributed by atoms with E-state index in [1.807, 2.05) is 13.8 Å². The number of thiophene rings is 1. The quantitative estimate of drug-likeness (QED) is 0.296. The van der Waals surface area contributed by atoms with Gasteiger partial charge in [-0.15, -0.1) is 11.3 Å². The first-order valence-corrected chi connectivity index (χ1v) is 13.5. The minimum atomic E-state index is -5.92. The summed E-state index contributed by atoms with van der Waals surface area (Å²) in [6.45, 7) is 9.07. The molecule has 1 aromatic carbocycles. The summed E-state index contributed by atoms with van der Waals surface area (Å²) in [5.74, 6) is -0.569. The lowest BCUT2D eigenvalue weighted by molar-refractivity contribution is -0.0500. The van der Waals surface area contributed by atoms with Crippen LogP contribution >= 0.6 is 11.3 Å². The third kappa shape index (κ3) is 6.63. The summed E-state index contributed by atoms with van der Waals surface area (Å²) in [5, 5.41) is 4.76. The lowest BCUT2D eigenvalue weighted by atomic mass is 10.0. The van der Waals surface area contributed by atoms with E-state index in [1.165, 1.54) is 22.0 Å². The van der Waals surface area contributed by atoms with Gasteiger partial charge in [0.2, 0.25) is 0 Å². The number of fused-ring (bicyclic) bond motifs is 1. The molecular formula is C24H27F3N2O6S2. The van der Waals surface area contributed by atoms with Gasteiger partial charge in [-0.2, -0.15) is 21.6 Å². The maximum absolute atomic E-state index is 13.5. The van der Waals surface area contributed by atoms with Gasteiger partial charge in [-0.1, -0.05) is 19.9 Å². The third-order valence-electron chi connectivity index (χ3n) is 4.95. The van der Waals surface area contributed by atoms with Crippen LogP contribution in [-0.4, -0.2) is 30.2 Å². The normalized spacial score (nSPS) is 12.7. The molecule has 0 saturated carbocycles. The van der Waals surface area contributed by atoms with Gasteiger partial charge in [0.1, 0.15) is 11.4 Å². The smallest absolute Gasteiger partial charge is 0.444 e. The molecule has 0 aliphatic carbocycles. The highest BCUT2D eigenvalue weighted by molar-refractivity contribution is 7.88. The number of hydrogen-bond acceptors (Lipinski definition) is 7. The zero-order chi connectivity index (χ0) is 27.8. The zero-order valence-electron chi connectivity index (χ0n) is 20.8. The lowest BCUT2D eigenvalue weighted by Crippen LogP contribution is -2.35. The van der Waals surface area contributed by atoms with Gasteiger partial charge in [0, 0.05) is 33.5 Å². The fourth-order valence-corrected chi connectivity index (χ4v) is 4.87. The molecule has 2 aromatic heterocycles. The Balaban J connectivity index is 2.27. The highest BCUT2D eigenvalue weighted by Crippen LogP contribution is 2.37. The first kappa shape index (κ1) is 28.5. The molecule has 0 spiro atoms. The Morgan fingerprint density at radius 1 is 1.14 bits per heavy atom. The molecule has 1 N–H and O–H groups in total. The fourth-order valence-electron chi connectivity index (χ4n) is 3.61. The van der Waals surface area contributed by atoms with E-state index in [2.05, 4.69) is 9.50 Å². The molecule has 0 radical (unpaired) electrons. The number of halogens is 3. The standard InChI is InChI=1S/C24H27F3N2O6S2/c1-14(2)13-29-18(12-28-22(31)34-23(3,4)5)20(19-7-6-10-36-19)17-11-15(8-9-16(17)21(29)30)35-37(32,33)24(25,26)27/h6-11,14H,12-13H2,1-5H3,(H,28,31). The number of amides is 1. The molecule has 0 aliphatic heterocycles. The Labute approximate surface area is 216 Å². The molecule has 0 fully saturated rings. The Hall–Kier alpha value is -3.06. The molecule has 0 aliphatic rings.